The number of benzene rings is 1. The van der Waals surface area contributed by atoms with Crippen molar-refractivity contribution < 1.29 is 17.9 Å². The number of nitrogens with zero attached hydrogens (tertiary/aromatic N) is 1. The molecule has 1 saturated heterocycles. The zero-order valence-corrected chi connectivity index (χ0v) is 16.8. The first kappa shape index (κ1) is 20.7. The number of carbonyl (C=O) groups excluding carboxylic acids is 1. The first-order chi connectivity index (χ1) is 12.3. The number of hydrogen-bond acceptors (Lipinski definition) is 4. The van der Waals surface area contributed by atoms with Gasteiger partial charge in [0, 0.05) is 19.6 Å². The van der Waals surface area contributed by atoms with Crippen molar-refractivity contribution >= 4 is 15.9 Å². The Kier molecular flexibility index (Phi) is 7.46. The van der Waals surface area contributed by atoms with E-state index in [0.717, 1.165) is 18.4 Å². The number of piperidine rings is 1. The molecule has 1 aromatic rings. The average molecular weight is 383 g/mol. The van der Waals surface area contributed by atoms with Crippen molar-refractivity contribution in [3.8, 4) is 5.75 Å². The number of hydrogen-bond donors (Lipinski definition) is 1. The van der Waals surface area contributed by atoms with Gasteiger partial charge in [-0.05, 0) is 62.3 Å². The molecule has 6 nitrogen and oxygen atoms in total. The van der Waals surface area contributed by atoms with Crippen LogP contribution in [0.4, 0.5) is 0 Å². The van der Waals surface area contributed by atoms with Crippen molar-refractivity contribution in [3.05, 3.63) is 29.3 Å². The van der Waals surface area contributed by atoms with Crippen LogP contribution in [0.2, 0.25) is 0 Å². The molecular formula is C19H30N2O4S. The van der Waals surface area contributed by atoms with Gasteiger partial charge in [0.2, 0.25) is 10.0 Å². The third kappa shape index (κ3) is 5.99. The van der Waals surface area contributed by atoms with Crippen LogP contribution in [0.5, 0.6) is 5.75 Å². The molecule has 0 spiro atoms. The molecule has 0 aromatic heterocycles. The van der Waals surface area contributed by atoms with Crippen molar-refractivity contribution in [3.63, 3.8) is 0 Å². The highest BCUT2D eigenvalue weighted by Gasteiger charge is 2.27. The highest BCUT2D eigenvalue weighted by Crippen LogP contribution is 2.20. The lowest BCUT2D eigenvalue weighted by Crippen LogP contribution is -2.42. The number of amides is 1. The van der Waals surface area contributed by atoms with E-state index >= 15 is 0 Å². The third-order valence-electron chi connectivity index (χ3n) is 4.87. The molecule has 2 rings (SSSR count). The van der Waals surface area contributed by atoms with Crippen LogP contribution in [0, 0.1) is 19.8 Å². The minimum absolute atomic E-state index is 0.00771. The summed E-state index contributed by atoms with van der Waals surface area (Å²) < 4.78 is 31.2. The number of carbonyl (C=O) groups is 1. The summed E-state index contributed by atoms with van der Waals surface area (Å²) in [6.07, 6.45) is 2.20. The monoisotopic (exact) mass is 382 g/mol. The predicted octanol–water partition coefficient (Wildman–Crippen LogP) is 2.25. The fraction of sp³-hybridized carbons (Fsp3) is 0.632. The van der Waals surface area contributed by atoms with Crippen LogP contribution in [-0.4, -0.2) is 50.6 Å². The first-order valence-electron chi connectivity index (χ1n) is 9.26. The Morgan fingerprint density at radius 3 is 2.54 bits per heavy atom. The summed E-state index contributed by atoms with van der Waals surface area (Å²) >= 11 is 0. The van der Waals surface area contributed by atoms with Gasteiger partial charge in [-0.3, -0.25) is 4.79 Å². The SMILES string of the molecule is CCCS(=O)(=O)N1CCC(CNC(=O)COc2ccc(C)c(C)c2)CC1. The van der Waals surface area contributed by atoms with Crippen molar-refractivity contribution in [2.45, 2.75) is 40.0 Å². The maximum atomic E-state index is 12.1. The number of sulfonamides is 1. The molecule has 1 amide bonds. The van der Waals surface area contributed by atoms with Crippen LogP contribution in [-0.2, 0) is 14.8 Å². The van der Waals surface area contributed by atoms with Gasteiger partial charge < -0.3 is 10.1 Å². The zero-order chi connectivity index (χ0) is 19.2. The molecule has 1 fully saturated rings. The highest BCUT2D eigenvalue weighted by atomic mass is 32.2. The molecule has 1 aliphatic heterocycles. The summed E-state index contributed by atoms with van der Waals surface area (Å²) in [7, 11) is -3.11. The standard InChI is InChI=1S/C19H30N2O4S/c1-4-11-26(23,24)21-9-7-17(8-10-21)13-20-19(22)14-25-18-6-5-15(2)16(3)12-18/h5-6,12,17H,4,7-11,13-14H2,1-3H3,(H,20,22). The molecule has 0 bridgehead atoms. The number of aryl methyl sites for hydroxylation is 2. The van der Waals surface area contributed by atoms with Gasteiger partial charge in [0.1, 0.15) is 5.75 Å². The maximum absolute atomic E-state index is 12.1. The summed E-state index contributed by atoms with van der Waals surface area (Å²) in [5, 5.41) is 2.90. The van der Waals surface area contributed by atoms with Crippen molar-refractivity contribution in [2.75, 3.05) is 32.0 Å². The van der Waals surface area contributed by atoms with E-state index in [1.165, 1.54) is 5.56 Å². The molecule has 1 N–H and O–H groups in total. The Balaban J connectivity index is 1.69. The Labute approximate surface area is 157 Å². The van der Waals surface area contributed by atoms with Crippen molar-refractivity contribution in [2.24, 2.45) is 5.92 Å². The van der Waals surface area contributed by atoms with Crippen molar-refractivity contribution in [1.82, 2.24) is 9.62 Å². The maximum Gasteiger partial charge on any atom is 0.257 e. The smallest absolute Gasteiger partial charge is 0.257 e. The van der Waals surface area contributed by atoms with E-state index < -0.39 is 10.0 Å². The summed E-state index contributed by atoms with van der Waals surface area (Å²) in [4.78, 5) is 12.0. The molecule has 0 unspecified atom stereocenters. The summed E-state index contributed by atoms with van der Waals surface area (Å²) in [6, 6.07) is 5.76. The van der Waals surface area contributed by atoms with Gasteiger partial charge in [0.25, 0.3) is 5.91 Å². The normalized spacial score (nSPS) is 16.4. The quantitative estimate of drug-likeness (QED) is 0.748. The predicted molar refractivity (Wildman–Crippen MR) is 103 cm³/mol. The molecule has 0 saturated carbocycles. The van der Waals surface area contributed by atoms with Crippen LogP contribution in [0.1, 0.15) is 37.3 Å². The van der Waals surface area contributed by atoms with Crippen LogP contribution < -0.4 is 10.1 Å². The lowest BCUT2D eigenvalue weighted by Gasteiger charge is -2.31. The average Bonchev–Trinajstić information content (AvgIpc) is 2.61. The molecule has 1 aromatic carbocycles. The fourth-order valence-electron chi connectivity index (χ4n) is 3.04. The largest absolute Gasteiger partial charge is 0.484 e. The van der Waals surface area contributed by atoms with Crippen LogP contribution in [0.15, 0.2) is 18.2 Å². The molecule has 1 heterocycles. The van der Waals surface area contributed by atoms with E-state index in [2.05, 4.69) is 5.32 Å². The van der Waals surface area contributed by atoms with E-state index in [-0.39, 0.29) is 18.3 Å². The lowest BCUT2D eigenvalue weighted by molar-refractivity contribution is -0.123. The fourth-order valence-corrected chi connectivity index (χ4v) is 4.58. The van der Waals surface area contributed by atoms with Gasteiger partial charge in [-0.15, -0.1) is 0 Å². The summed E-state index contributed by atoms with van der Waals surface area (Å²) in [5.41, 5.74) is 2.32. The van der Waals surface area contributed by atoms with Crippen LogP contribution in [0.3, 0.4) is 0 Å². The minimum Gasteiger partial charge on any atom is -0.484 e. The van der Waals surface area contributed by atoms with E-state index in [1.807, 2.05) is 39.0 Å². The molecule has 26 heavy (non-hydrogen) atoms. The van der Waals surface area contributed by atoms with Gasteiger partial charge >= 0.3 is 0 Å². The Bertz CT molecular complexity index is 710. The van der Waals surface area contributed by atoms with Gasteiger partial charge in [0.15, 0.2) is 6.61 Å². The second-order valence-electron chi connectivity index (χ2n) is 7.00. The number of nitrogens with one attached hydrogen (secondary N) is 1. The molecule has 7 heteroatoms. The highest BCUT2D eigenvalue weighted by molar-refractivity contribution is 7.89. The van der Waals surface area contributed by atoms with Gasteiger partial charge in [-0.25, -0.2) is 12.7 Å². The minimum atomic E-state index is -3.11. The van der Waals surface area contributed by atoms with Crippen molar-refractivity contribution in [1.29, 1.82) is 0 Å². The number of rotatable bonds is 8. The van der Waals surface area contributed by atoms with E-state index in [1.54, 1.807) is 4.31 Å². The van der Waals surface area contributed by atoms with Crippen LogP contribution in [0.25, 0.3) is 0 Å². The van der Waals surface area contributed by atoms with Crippen LogP contribution >= 0.6 is 0 Å². The molecule has 0 radical (unpaired) electrons. The van der Waals surface area contributed by atoms with Gasteiger partial charge in [0.05, 0.1) is 5.75 Å². The third-order valence-corrected chi connectivity index (χ3v) is 6.94. The van der Waals surface area contributed by atoms with E-state index in [9.17, 15) is 13.2 Å². The zero-order valence-electron chi connectivity index (χ0n) is 16.0. The topological polar surface area (TPSA) is 75.7 Å². The lowest BCUT2D eigenvalue weighted by atomic mass is 9.98. The Morgan fingerprint density at radius 2 is 1.92 bits per heavy atom. The summed E-state index contributed by atoms with van der Waals surface area (Å²) in [5.74, 6) is 1.07. The van der Waals surface area contributed by atoms with E-state index in [4.69, 9.17) is 4.74 Å². The molecule has 1 aliphatic rings. The Hall–Kier alpha value is -1.60. The molecule has 146 valence electrons. The van der Waals surface area contributed by atoms with E-state index in [0.29, 0.717) is 37.7 Å². The summed E-state index contributed by atoms with van der Waals surface area (Å²) in [6.45, 7) is 7.56. The first-order valence-corrected chi connectivity index (χ1v) is 10.9. The molecule has 0 aliphatic carbocycles. The second kappa shape index (κ2) is 9.37. The number of ether oxygens (including phenoxy) is 1. The van der Waals surface area contributed by atoms with Gasteiger partial charge in [-0.1, -0.05) is 13.0 Å². The molecule has 0 atom stereocenters. The second-order valence-corrected chi connectivity index (χ2v) is 9.09. The molecular weight excluding hydrogens is 352 g/mol. The van der Waals surface area contributed by atoms with Gasteiger partial charge in [-0.2, -0.15) is 0 Å². The Morgan fingerprint density at radius 1 is 1.23 bits per heavy atom.